The summed E-state index contributed by atoms with van der Waals surface area (Å²) in [5.74, 6) is 1.09. The number of methoxy groups -OCH3 is 1. The fourth-order valence-electron chi connectivity index (χ4n) is 2.48. The third-order valence-electron chi connectivity index (χ3n) is 3.51. The predicted octanol–water partition coefficient (Wildman–Crippen LogP) is 3.81. The van der Waals surface area contributed by atoms with Gasteiger partial charge in [-0.2, -0.15) is 0 Å². The van der Waals surface area contributed by atoms with Gasteiger partial charge in [0.15, 0.2) is 0 Å². The van der Waals surface area contributed by atoms with E-state index in [1.807, 2.05) is 12.1 Å². The Morgan fingerprint density at radius 2 is 1.77 bits per heavy atom. The number of hydrogen-bond donors (Lipinski definition) is 1. The maximum atomic E-state index is 10.9. The second-order valence-electron chi connectivity index (χ2n) is 6.19. The maximum Gasteiger partial charge on any atom is 0.405 e. The molecule has 8 heteroatoms. The van der Waals surface area contributed by atoms with E-state index in [0.717, 1.165) is 5.56 Å². The van der Waals surface area contributed by atoms with E-state index in [2.05, 4.69) is 0 Å². The molecular formula is C18H20N2O6. The van der Waals surface area contributed by atoms with Gasteiger partial charge < -0.3 is 19.9 Å². The minimum absolute atomic E-state index is 0.120. The van der Waals surface area contributed by atoms with Gasteiger partial charge in [-0.25, -0.2) is 4.79 Å². The molecule has 2 aromatic rings. The topological polar surface area (TPSA) is 114 Å². The van der Waals surface area contributed by atoms with Gasteiger partial charge in [0, 0.05) is 18.6 Å². The minimum Gasteiger partial charge on any atom is -0.490 e. The Bertz CT molecular complexity index is 802. The second kappa shape index (κ2) is 7.73. The molecule has 0 fully saturated rings. The largest absolute Gasteiger partial charge is 0.490 e. The Morgan fingerprint density at radius 3 is 2.31 bits per heavy atom. The zero-order chi connectivity index (χ0) is 19.3. The molecule has 2 aromatic carbocycles. The van der Waals surface area contributed by atoms with E-state index in [1.54, 1.807) is 26.0 Å². The molecule has 0 saturated carbocycles. The molecule has 0 atom stereocenters. The highest BCUT2D eigenvalue weighted by Gasteiger charge is 2.22. The maximum absolute atomic E-state index is 10.9. The van der Waals surface area contributed by atoms with Gasteiger partial charge in [-0.3, -0.25) is 10.1 Å². The van der Waals surface area contributed by atoms with Crippen molar-refractivity contribution in [3.05, 3.63) is 58.1 Å². The van der Waals surface area contributed by atoms with Gasteiger partial charge in [-0.05, 0) is 37.6 Å². The molecule has 0 aliphatic rings. The Hall–Kier alpha value is -3.29. The van der Waals surface area contributed by atoms with Crippen molar-refractivity contribution >= 4 is 11.8 Å². The molecule has 0 aliphatic carbocycles. The summed E-state index contributed by atoms with van der Waals surface area (Å²) in [6, 6.07) is 11.5. The number of hydrogen-bond acceptors (Lipinski definition) is 6. The van der Waals surface area contributed by atoms with E-state index >= 15 is 0 Å². The molecule has 0 spiro atoms. The van der Waals surface area contributed by atoms with Crippen molar-refractivity contribution in [2.75, 3.05) is 7.11 Å². The molecule has 138 valence electrons. The molecule has 2 N–H and O–H groups in total. The van der Waals surface area contributed by atoms with Crippen molar-refractivity contribution in [1.29, 1.82) is 0 Å². The van der Waals surface area contributed by atoms with Crippen LogP contribution in [0.2, 0.25) is 0 Å². The number of carbonyl (C=O) groups excluding carboxylic acids is 1. The van der Waals surface area contributed by atoms with Crippen LogP contribution in [0.15, 0.2) is 42.5 Å². The summed E-state index contributed by atoms with van der Waals surface area (Å²) < 4.78 is 15.8. The zero-order valence-electron chi connectivity index (χ0n) is 14.7. The lowest BCUT2D eigenvalue weighted by Gasteiger charge is -2.24. The number of carbonyl (C=O) groups is 1. The summed E-state index contributed by atoms with van der Waals surface area (Å²) in [5.41, 5.74) is 5.14. The van der Waals surface area contributed by atoms with Gasteiger partial charge in [-0.1, -0.05) is 12.1 Å². The molecule has 0 aromatic heterocycles. The Labute approximate surface area is 150 Å². The van der Waals surface area contributed by atoms with Gasteiger partial charge in [0.1, 0.15) is 17.1 Å². The van der Waals surface area contributed by atoms with Crippen LogP contribution in [0.1, 0.15) is 19.4 Å². The van der Waals surface area contributed by atoms with E-state index in [9.17, 15) is 14.9 Å². The highest BCUT2D eigenvalue weighted by Crippen LogP contribution is 2.33. The normalized spacial score (nSPS) is 10.9. The first-order valence-electron chi connectivity index (χ1n) is 7.78. The quantitative estimate of drug-likeness (QED) is 0.593. The first kappa shape index (κ1) is 19.0. The number of primary amides is 1. The molecule has 2 rings (SSSR count). The van der Waals surface area contributed by atoms with E-state index in [1.165, 1.54) is 25.3 Å². The van der Waals surface area contributed by atoms with Crippen molar-refractivity contribution < 1.29 is 23.9 Å². The third-order valence-corrected chi connectivity index (χ3v) is 3.51. The third kappa shape index (κ3) is 5.10. The summed E-state index contributed by atoms with van der Waals surface area (Å²) >= 11 is 0. The highest BCUT2D eigenvalue weighted by atomic mass is 16.6. The Balaban J connectivity index is 2.10. The van der Waals surface area contributed by atoms with Crippen LogP contribution in [0.5, 0.6) is 17.2 Å². The van der Waals surface area contributed by atoms with Gasteiger partial charge in [0.2, 0.25) is 5.75 Å². The summed E-state index contributed by atoms with van der Waals surface area (Å²) in [5, 5.41) is 10.9. The molecule has 0 aliphatic heterocycles. The first-order chi connectivity index (χ1) is 12.2. The lowest BCUT2D eigenvalue weighted by molar-refractivity contribution is -0.385. The summed E-state index contributed by atoms with van der Waals surface area (Å²) in [6.07, 6.45) is -0.330. The molecule has 0 radical (unpaired) electrons. The zero-order valence-corrected chi connectivity index (χ0v) is 14.7. The molecular weight excluding hydrogens is 340 g/mol. The molecule has 0 unspecified atom stereocenters. The number of ether oxygens (including phenoxy) is 3. The summed E-state index contributed by atoms with van der Waals surface area (Å²) in [4.78, 5) is 21.3. The van der Waals surface area contributed by atoms with E-state index in [-0.39, 0.29) is 11.4 Å². The van der Waals surface area contributed by atoms with Gasteiger partial charge >= 0.3 is 11.8 Å². The van der Waals surface area contributed by atoms with Crippen molar-refractivity contribution in [2.45, 2.75) is 25.9 Å². The molecule has 0 heterocycles. The van der Waals surface area contributed by atoms with Gasteiger partial charge in [0.25, 0.3) is 0 Å². The smallest absolute Gasteiger partial charge is 0.405 e. The summed E-state index contributed by atoms with van der Waals surface area (Å²) in [6.45, 7) is 3.54. The van der Waals surface area contributed by atoms with E-state index in [0.29, 0.717) is 17.9 Å². The molecule has 0 saturated heterocycles. The number of benzene rings is 2. The molecule has 8 nitrogen and oxygen atoms in total. The van der Waals surface area contributed by atoms with Crippen LogP contribution >= 0.6 is 0 Å². The highest BCUT2D eigenvalue weighted by molar-refractivity contribution is 5.65. The van der Waals surface area contributed by atoms with Crippen molar-refractivity contribution in [3.8, 4) is 17.2 Å². The lowest BCUT2D eigenvalue weighted by atomic mass is 9.98. The van der Waals surface area contributed by atoms with Gasteiger partial charge in [-0.15, -0.1) is 0 Å². The number of rotatable bonds is 7. The van der Waals surface area contributed by atoms with Crippen LogP contribution in [-0.2, 0) is 11.2 Å². The van der Waals surface area contributed by atoms with Crippen molar-refractivity contribution in [1.82, 2.24) is 0 Å². The number of nitro groups is 1. The van der Waals surface area contributed by atoms with Crippen molar-refractivity contribution in [2.24, 2.45) is 5.73 Å². The molecule has 1 amide bonds. The average Bonchev–Trinajstić information content (AvgIpc) is 2.54. The monoisotopic (exact) mass is 360 g/mol. The number of nitro benzene ring substituents is 1. The van der Waals surface area contributed by atoms with Crippen LogP contribution in [0.4, 0.5) is 10.5 Å². The summed E-state index contributed by atoms with van der Waals surface area (Å²) in [7, 11) is 1.36. The molecule has 0 bridgehead atoms. The first-order valence-corrected chi connectivity index (χ1v) is 7.78. The van der Waals surface area contributed by atoms with Crippen LogP contribution in [0, 0.1) is 10.1 Å². The predicted molar refractivity (Wildman–Crippen MR) is 94.6 cm³/mol. The fourth-order valence-corrected chi connectivity index (χ4v) is 2.48. The van der Waals surface area contributed by atoms with Crippen LogP contribution in [-0.4, -0.2) is 23.7 Å². The Kier molecular flexibility index (Phi) is 5.66. The average molecular weight is 360 g/mol. The number of nitrogens with zero attached hydrogens (tertiary/aromatic N) is 1. The van der Waals surface area contributed by atoms with Crippen LogP contribution in [0.3, 0.4) is 0 Å². The fraction of sp³-hybridized carbons (Fsp3) is 0.278. The second-order valence-corrected chi connectivity index (χ2v) is 6.19. The van der Waals surface area contributed by atoms with Crippen LogP contribution < -0.4 is 15.2 Å². The minimum atomic E-state index is -0.818. The van der Waals surface area contributed by atoms with Crippen LogP contribution in [0.25, 0.3) is 0 Å². The van der Waals surface area contributed by atoms with Gasteiger partial charge in [0.05, 0.1) is 12.0 Å². The van der Waals surface area contributed by atoms with Crippen molar-refractivity contribution in [3.63, 3.8) is 0 Å². The van der Waals surface area contributed by atoms with E-state index in [4.69, 9.17) is 19.9 Å². The SMILES string of the molecule is COc1cc(Oc2ccc(CC(C)(C)OC(N)=O)cc2)ccc1[N+](=O)[O-]. The Morgan fingerprint density at radius 1 is 1.15 bits per heavy atom. The standard InChI is InChI=1S/C18H20N2O6/c1-18(2,26-17(19)21)11-12-4-6-13(7-5-12)25-14-8-9-15(20(22)23)16(10-14)24-3/h4-10H,11H2,1-3H3,(H2,19,21). The lowest BCUT2D eigenvalue weighted by Crippen LogP contribution is -2.33. The van der Waals surface area contributed by atoms with E-state index < -0.39 is 16.6 Å². The molecule has 26 heavy (non-hydrogen) atoms. The number of amides is 1. The number of nitrogens with two attached hydrogens (primary N) is 1.